The highest BCUT2D eigenvalue weighted by atomic mass is 16.3. The normalized spacial score (nSPS) is 46.5. The summed E-state index contributed by atoms with van der Waals surface area (Å²) in [4.78, 5) is 0. The van der Waals surface area contributed by atoms with Gasteiger partial charge in [0.15, 0.2) is 0 Å². The average Bonchev–Trinajstić information content (AvgIpc) is 3.00. The van der Waals surface area contributed by atoms with E-state index in [4.69, 9.17) is 0 Å². The van der Waals surface area contributed by atoms with E-state index in [1.807, 2.05) is 0 Å². The zero-order valence-corrected chi connectivity index (χ0v) is 19.3. The van der Waals surface area contributed by atoms with Gasteiger partial charge in [-0.15, -0.1) is 0 Å². The van der Waals surface area contributed by atoms with Crippen LogP contribution >= 0.6 is 0 Å². The second kappa shape index (κ2) is 7.75. The summed E-state index contributed by atoms with van der Waals surface area (Å²) in [6, 6.07) is 0. The molecule has 4 aliphatic carbocycles. The van der Waals surface area contributed by atoms with Gasteiger partial charge in [-0.3, -0.25) is 0 Å². The Hall–Kier alpha value is -0.300. The third-order valence-electron chi connectivity index (χ3n) is 10.4. The van der Waals surface area contributed by atoms with E-state index in [9.17, 15) is 5.11 Å². The summed E-state index contributed by atoms with van der Waals surface area (Å²) < 4.78 is 0. The van der Waals surface area contributed by atoms with E-state index in [1.54, 1.807) is 5.57 Å². The Morgan fingerprint density at radius 3 is 2.57 bits per heavy atom. The highest BCUT2D eigenvalue weighted by Crippen LogP contribution is 2.67. The van der Waals surface area contributed by atoms with E-state index in [0.717, 1.165) is 41.9 Å². The van der Waals surface area contributed by atoms with Crippen molar-refractivity contribution < 1.29 is 5.11 Å². The van der Waals surface area contributed by atoms with Gasteiger partial charge >= 0.3 is 0 Å². The molecule has 0 spiro atoms. The van der Waals surface area contributed by atoms with Gasteiger partial charge < -0.3 is 5.11 Å². The molecular formula is C27H46O. The SMILES string of the molecule is CC(C)CCC[C@@H](C)C1CC[C@H]2[C@@H]3CC=C4CCC[C@H](O)[C@]4(C)[C@H]3CC[C@]12C. The molecule has 0 aliphatic heterocycles. The van der Waals surface area contributed by atoms with Crippen molar-refractivity contribution in [2.75, 3.05) is 0 Å². The Morgan fingerprint density at radius 2 is 1.82 bits per heavy atom. The highest BCUT2D eigenvalue weighted by Gasteiger charge is 2.60. The standard InChI is InChI=1S/C27H46O/c1-18(2)8-6-9-19(3)22-14-15-23-21-13-12-20-10-7-11-25(28)27(20,5)24(21)16-17-26(22,23)4/h12,18-19,21-25,28H,6-11,13-17H2,1-5H3/t19-,21+,22?,23+,24+,25+,26-,27+/m1/s1. The summed E-state index contributed by atoms with van der Waals surface area (Å²) in [5.74, 6) is 5.12. The van der Waals surface area contributed by atoms with E-state index in [0.29, 0.717) is 5.41 Å². The van der Waals surface area contributed by atoms with Crippen molar-refractivity contribution in [1.82, 2.24) is 0 Å². The number of aliphatic hydroxyl groups excluding tert-OH is 1. The van der Waals surface area contributed by atoms with Gasteiger partial charge in [-0.1, -0.05) is 65.5 Å². The number of rotatable bonds is 5. The van der Waals surface area contributed by atoms with Gasteiger partial charge in [0.1, 0.15) is 0 Å². The van der Waals surface area contributed by atoms with Gasteiger partial charge in [0.2, 0.25) is 0 Å². The smallest absolute Gasteiger partial charge is 0.0633 e. The quantitative estimate of drug-likeness (QED) is 0.488. The monoisotopic (exact) mass is 386 g/mol. The first-order valence-electron chi connectivity index (χ1n) is 12.7. The van der Waals surface area contributed by atoms with E-state index >= 15 is 0 Å². The minimum atomic E-state index is -0.100. The minimum Gasteiger partial charge on any atom is -0.392 e. The third kappa shape index (κ3) is 3.23. The zero-order valence-electron chi connectivity index (χ0n) is 19.3. The maximum Gasteiger partial charge on any atom is 0.0633 e. The Labute approximate surface area is 174 Å². The molecule has 0 aromatic rings. The summed E-state index contributed by atoms with van der Waals surface area (Å²) in [5.41, 5.74) is 2.26. The molecule has 0 amide bonds. The molecule has 1 unspecified atom stereocenters. The summed E-state index contributed by atoms with van der Waals surface area (Å²) in [6.07, 6.45) is 17.2. The first-order valence-corrected chi connectivity index (χ1v) is 12.7. The fourth-order valence-electron chi connectivity index (χ4n) is 8.74. The van der Waals surface area contributed by atoms with Crippen LogP contribution in [0.25, 0.3) is 0 Å². The van der Waals surface area contributed by atoms with Crippen LogP contribution in [-0.2, 0) is 0 Å². The summed E-state index contributed by atoms with van der Waals surface area (Å²) in [5, 5.41) is 11.0. The highest BCUT2D eigenvalue weighted by molar-refractivity contribution is 5.26. The second-order valence-corrected chi connectivity index (χ2v) is 12.1. The van der Waals surface area contributed by atoms with Crippen molar-refractivity contribution in [1.29, 1.82) is 0 Å². The lowest BCUT2D eigenvalue weighted by atomic mass is 9.46. The van der Waals surface area contributed by atoms with Crippen molar-refractivity contribution in [3.05, 3.63) is 11.6 Å². The molecule has 3 fully saturated rings. The number of aliphatic hydroxyl groups is 1. The van der Waals surface area contributed by atoms with Crippen LogP contribution in [0, 0.1) is 46.3 Å². The largest absolute Gasteiger partial charge is 0.392 e. The average molecular weight is 387 g/mol. The van der Waals surface area contributed by atoms with Crippen LogP contribution in [0.5, 0.6) is 0 Å². The van der Waals surface area contributed by atoms with Crippen molar-refractivity contribution in [3.8, 4) is 0 Å². The molecule has 0 aromatic carbocycles. The number of hydrogen-bond acceptors (Lipinski definition) is 1. The van der Waals surface area contributed by atoms with Crippen LogP contribution in [0.4, 0.5) is 0 Å². The number of allylic oxidation sites excluding steroid dienone is 1. The molecule has 8 atom stereocenters. The molecule has 3 saturated carbocycles. The molecule has 160 valence electrons. The predicted molar refractivity (Wildman–Crippen MR) is 119 cm³/mol. The Bertz CT molecular complexity index is 591. The lowest BCUT2D eigenvalue weighted by Crippen LogP contribution is -2.54. The fraction of sp³-hybridized carbons (Fsp3) is 0.926. The zero-order chi connectivity index (χ0) is 20.1. The van der Waals surface area contributed by atoms with Crippen LogP contribution in [-0.4, -0.2) is 11.2 Å². The van der Waals surface area contributed by atoms with Crippen LogP contribution < -0.4 is 0 Å². The van der Waals surface area contributed by atoms with E-state index in [2.05, 4.69) is 40.7 Å². The maximum atomic E-state index is 11.0. The lowest BCUT2D eigenvalue weighted by Gasteiger charge is -2.59. The first-order chi connectivity index (χ1) is 13.3. The van der Waals surface area contributed by atoms with Gasteiger partial charge in [0.05, 0.1) is 6.10 Å². The van der Waals surface area contributed by atoms with Crippen LogP contribution in [0.2, 0.25) is 0 Å². The molecule has 0 heterocycles. The molecule has 1 nitrogen and oxygen atoms in total. The molecule has 4 rings (SSSR count). The summed E-state index contributed by atoms with van der Waals surface area (Å²) >= 11 is 0. The van der Waals surface area contributed by atoms with Crippen LogP contribution in [0.15, 0.2) is 11.6 Å². The second-order valence-electron chi connectivity index (χ2n) is 12.1. The summed E-state index contributed by atoms with van der Waals surface area (Å²) in [6.45, 7) is 12.4. The number of hydrogen-bond donors (Lipinski definition) is 1. The summed E-state index contributed by atoms with van der Waals surface area (Å²) in [7, 11) is 0. The van der Waals surface area contributed by atoms with Gasteiger partial charge in [-0.05, 0) is 92.3 Å². The van der Waals surface area contributed by atoms with E-state index in [-0.39, 0.29) is 11.5 Å². The molecule has 4 aliphatic rings. The van der Waals surface area contributed by atoms with Gasteiger partial charge in [0, 0.05) is 5.41 Å². The maximum absolute atomic E-state index is 11.0. The molecule has 0 bridgehead atoms. The molecule has 28 heavy (non-hydrogen) atoms. The van der Waals surface area contributed by atoms with Crippen molar-refractivity contribution >= 4 is 0 Å². The van der Waals surface area contributed by atoms with Crippen molar-refractivity contribution in [2.45, 2.75) is 111 Å². The molecule has 0 saturated heterocycles. The molecular weight excluding hydrogens is 340 g/mol. The first kappa shape index (κ1) is 21.0. The van der Waals surface area contributed by atoms with Gasteiger partial charge in [-0.2, -0.15) is 0 Å². The third-order valence-corrected chi connectivity index (χ3v) is 10.4. The molecule has 1 heteroatoms. The minimum absolute atomic E-state index is 0.0868. The van der Waals surface area contributed by atoms with Gasteiger partial charge in [0.25, 0.3) is 0 Å². The molecule has 1 N–H and O–H groups in total. The van der Waals surface area contributed by atoms with E-state index < -0.39 is 0 Å². The lowest BCUT2D eigenvalue weighted by molar-refractivity contribution is -0.0930. The Balaban J connectivity index is 1.51. The predicted octanol–water partition coefficient (Wildman–Crippen LogP) is 7.39. The number of fused-ring (bicyclic) bond motifs is 5. The van der Waals surface area contributed by atoms with Gasteiger partial charge in [-0.25, -0.2) is 0 Å². The molecule has 0 aromatic heterocycles. The van der Waals surface area contributed by atoms with Crippen molar-refractivity contribution in [3.63, 3.8) is 0 Å². The van der Waals surface area contributed by atoms with Crippen LogP contribution in [0.1, 0.15) is 105 Å². The van der Waals surface area contributed by atoms with Crippen LogP contribution in [0.3, 0.4) is 0 Å². The Morgan fingerprint density at radius 1 is 1.04 bits per heavy atom. The topological polar surface area (TPSA) is 20.2 Å². The fourth-order valence-corrected chi connectivity index (χ4v) is 8.74. The van der Waals surface area contributed by atoms with Crippen molar-refractivity contribution in [2.24, 2.45) is 46.3 Å². The molecule has 0 radical (unpaired) electrons. The Kier molecular flexibility index (Phi) is 5.80. The van der Waals surface area contributed by atoms with E-state index in [1.165, 1.54) is 64.2 Å².